The summed E-state index contributed by atoms with van der Waals surface area (Å²) in [4.78, 5) is 0. The van der Waals surface area contributed by atoms with Gasteiger partial charge in [0.05, 0.1) is 0 Å². The van der Waals surface area contributed by atoms with Crippen molar-refractivity contribution in [2.45, 2.75) is 38.6 Å². The van der Waals surface area contributed by atoms with Crippen LogP contribution in [-0.2, 0) is 0 Å². The summed E-state index contributed by atoms with van der Waals surface area (Å²) >= 11 is 0. The van der Waals surface area contributed by atoms with Crippen LogP contribution in [0.2, 0.25) is 0 Å². The molecule has 1 N–H and O–H groups in total. The van der Waals surface area contributed by atoms with E-state index in [9.17, 15) is 0 Å². The first-order valence-electron chi connectivity index (χ1n) is 4.07. The third-order valence-corrected chi connectivity index (χ3v) is 3.34. The van der Waals surface area contributed by atoms with Gasteiger partial charge in [-0.1, -0.05) is 6.42 Å². The molecule has 0 radical (unpaired) electrons. The predicted octanol–water partition coefficient (Wildman–Crippen LogP) is 1.54. The second-order valence-electron chi connectivity index (χ2n) is 3.64. The van der Waals surface area contributed by atoms with E-state index >= 15 is 0 Å². The zero-order chi connectivity index (χ0) is 6.32. The Balaban J connectivity index is 2.09. The van der Waals surface area contributed by atoms with E-state index in [0.29, 0.717) is 0 Å². The quantitative estimate of drug-likeness (QED) is 0.518. The zero-order valence-corrected chi connectivity index (χ0v) is 6.11. The standard InChI is InChI=1S/C8H15N/c1-7-8(3-2-4-8)5-6-9-7/h7,9H,2-6H2,1H3/t7-/m0/s1. The lowest BCUT2D eigenvalue weighted by Gasteiger charge is -2.41. The molecule has 1 saturated carbocycles. The van der Waals surface area contributed by atoms with Crippen LogP contribution in [0, 0.1) is 5.41 Å². The second kappa shape index (κ2) is 1.72. The summed E-state index contributed by atoms with van der Waals surface area (Å²) in [7, 11) is 0. The summed E-state index contributed by atoms with van der Waals surface area (Å²) in [5, 5.41) is 3.51. The van der Waals surface area contributed by atoms with E-state index in [0.717, 1.165) is 11.5 Å². The molecule has 9 heavy (non-hydrogen) atoms. The molecule has 1 nitrogen and oxygen atoms in total. The topological polar surface area (TPSA) is 12.0 Å². The molecule has 1 aliphatic heterocycles. The minimum atomic E-state index is 0.764. The Hall–Kier alpha value is -0.0400. The van der Waals surface area contributed by atoms with E-state index in [-0.39, 0.29) is 0 Å². The number of hydrogen-bond donors (Lipinski definition) is 1. The van der Waals surface area contributed by atoms with Gasteiger partial charge in [-0.25, -0.2) is 0 Å². The van der Waals surface area contributed by atoms with Crippen molar-refractivity contribution in [2.24, 2.45) is 5.41 Å². The third-order valence-electron chi connectivity index (χ3n) is 3.34. The molecule has 1 saturated heterocycles. The molecule has 0 aromatic heterocycles. The first kappa shape index (κ1) is 5.72. The van der Waals surface area contributed by atoms with Gasteiger partial charge in [-0.2, -0.15) is 0 Å². The van der Waals surface area contributed by atoms with Crippen LogP contribution in [0.4, 0.5) is 0 Å². The first-order chi connectivity index (χ1) is 4.33. The Labute approximate surface area is 56.8 Å². The van der Waals surface area contributed by atoms with Crippen LogP contribution in [0.5, 0.6) is 0 Å². The Morgan fingerprint density at radius 3 is 2.33 bits per heavy atom. The Bertz CT molecular complexity index is 116. The molecule has 1 spiro atoms. The van der Waals surface area contributed by atoms with Crippen LogP contribution < -0.4 is 5.32 Å². The van der Waals surface area contributed by atoms with Gasteiger partial charge in [0.1, 0.15) is 0 Å². The lowest BCUT2D eigenvalue weighted by Crippen LogP contribution is -2.39. The summed E-state index contributed by atoms with van der Waals surface area (Å²) in [6.45, 7) is 3.60. The van der Waals surface area contributed by atoms with Gasteiger partial charge in [0.15, 0.2) is 0 Å². The molecule has 2 fully saturated rings. The molecule has 1 heteroatoms. The Kier molecular flexibility index (Phi) is 1.10. The van der Waals surface area contributed by atoms with Crippen molar-refractivity contribution in [3.8, 4) is 0 Å². The van der Waals surface area contributed by atoms with Gasteiger partial charge >= 0.3 is 0 Å². The lowest BCUT2D eigenvalue weighted by atomic mass is 9.64. The number of nitrogens with one attached hydrogen (secondary N) is 1. The predicted molar refractivity (Wildman–Crippen MR) is 38.4 cm³/mol. The van der Waals surface area contributed by atoms with Crippen molar-refractivity contribution in [3.05, 3.63) is 0 Å². The van der Waals surface area contributed by atoms with Crippen LogP contribution in [0.25, 0.3) is 0 Å². The molecule has 1 heterocycles. The average molecular weight is 125 g/mol. The monoisotopic (exact) mass is 125 g/mol. The molecular weight excluding hydrogens is 110 g/mol. The van der Waals surface area contributed by atoms with E-state index < -0.39 is 0 Å². The fourth-order valence-electron chi connectivity index (χ4n) is 2.28. The molecule has 2 aliphatic rings. The van der Waals surface area contributed by atoms with Gasteiger partial charge < -0.3 is 5.32 Å². The third kappa shape index (κ3) is 0.644. The van der Waals surface area contributed by atoms with Gasteiger partial charge in [-0.3, -0.25) is 0 Å². The van der Waals surface area contributed by atoms with Crippen LogP contribution in [0.1, 0.15) is 32.6 Å². The molecule has 1 aliphatic carbocycles. The van der Waals surface area contributed by atoms with Crippen LogP contribution in [0.3, 0.4) is 0 Å². The van der Waals surface area contributed by atoms with Crippen LogP contribution >= 0.6 is 0 Å². The second-order valence-corrected chi connectivity index (χ2v) is 3.64. The van der Waals surface area contributed by atoms with E-state index in [2.05, 4.69) is 12.2 Å². The lowest BCUT2D eigenvalue weighted by molar-refractivity contribution is 0.121. The smallest absolute Gasteiger partial charge is 0.00956 e. The number of rotatable bonds is 0. The summed E-state index contributed by atoms with van der Waals surface area (Å²) in [6, 6.07) is 0.811. The minimum absolute atomic E-state index is 0.764. The molecule has 0 aromatic rings. The van der Waals surface area contributed by atoms with Crippen LogP contribution in [0.15, 0.2) is 0 Å². The van der Waals surface area contributed by atoms with Gasteiger partial charge in [-0.05, 0) is 38.1 Å². The van der Waals surface area contributed by atoms with Crippen molar-refractivity contribution in [1.29, 1.82) is 0 Å². The summed E-state index contributed by atoms with van der Waals surface area (Å²) in [5.41, 5.74) is 0.764. The molecule has 0 amide bonds. The van der Waals surface area contributed by atoms with Gasteiger partial charge in [0.25, 0.3) is 0 Å². The highest BCUT2D eigenvalue weighted by Crippen LogP contribution is 2.48. The highest BCUT2D eigenvalue weighted by Gasteiger charge is 2.44. The molecule has 0 aromatic carbocycles. The maximum Gasteiger partial charge on any atom is 0.00956 e. The highest BCUT2D eigenvalue weighted by atomic mass is 15.0. The SMILES string of the molecule is C[C@@H]1NCCC12CCC2. The molecule has 2 rings (SSSR count). The summed E-state index contributed by atoms with van der Waals surface area (Å²) < 4.78 is 0. The van der Waals surface area contributed by atoms with E-state index in [1.807, 2.05) is 0 Å². The summed E-state index contributed by atoms with van der Waals surface area (Å²) in [6.07, 6.45) is 5.89. The van der Waals surface area contributed by atoms with Gasteiger partial charge in [0, 0.05) is 6.04 Å². The van der Waals surface area contributed by atoms with Crippen molar-refractivity contribution in [3.63, 3.8) is 0 Å². The normalized spacial score (nSPS) is 39.0. The van der Waals surface area contributed by atoms with E-state index in [1.54, 1.807) is 0 Å². The molecule has 0 bridgehead atoms. The molecular formula is C8H15N. The number of hydrogen-bond acceptors (Lipinski definition) is 1. The van der Waals surface area contributed by atoms with Crippen molar-refractivity contribution in [1.82, 2.24) is 5.32 Å². The Morgan fingerprint density at radius 2 is 2.11 bits per heavy atom. The van der Waals surface area contributed by atoms with Gasteiger partial charge in [-0.15, -0.1) is 0 Å². The van der Waals surface area contributed by atoms with Crippen molar-refractivity contribution in [2.75, 3.05) is 6.54 Å². The molecule has 52 valence electrons. The van der Waals surface area contributed by atoms with Crippen molar-refractivity contribution < 1.29 is 0 Å². The maximum atomic E-state index is 3.51. The summed E-state index contributed by atoms with van der Waals surface area (Å²) in [5.74, 6) is 0. The largest absolute Gasteiger partial charge is 0.314 e. The molecule has 1 atom stereocenters. The average Bonchev–Trinajstić information content (AvgIpc) is 2.07. The maximum absolute atomic E-state index is 3.51. The first-order valence-corrected chi connectivity index (χ1v) is 4.07. The molecule has 0 unspecified atom stereocenters. The van der Waals surface area contributed by atoms with Crippen LogP contribution in [-0.4, -0.2) is 12.6 Å². The van der Waals surface area contributed by atoms with E-state index in [4.69, 9.17) is 0 Å². The van der Waals surface area contributed by atoms with E-state index in [1.165, 1.54) is 32.2 Å². The van der Waals surface area contributed by atoms with Crippen molar-refractivity contribution >= 4 is 0 Å². The fraction of sp³-hybridized carbons (Fsp3) is 1.00. The fourth-order valence-corrected chi connectivity index (χ4v) is 2.28. The highest BCUT2D eigenvalue weighted by molar-refractivity contribution is 4.99. The Morgan fingerprint density at radius 1 is 1.33 bits per heavy atom. The zero-order valence-electron chi connectivity index (χ0n) is 6.11. The minimum Gasteiger partial charge on any atom is -0.314 e. The van der Waals surface area contributed by atoms with Gasteiger partial charge in [0.2, 0.25) is 0 Å².